The van der Waals surface area contributed by atoms with Crippen molar-refractivity contribution in [2.45, 2.75) is 0 Å². The molecule has 0 radical (unpaired) electrons. The lowest BCUT2D eigenvalue weighted by Crippen LogP contribution is -2.02. The minimum Gasteiger partial charge on any atom is -0.478 e. The van der Waals surface area contributed by atoms with Crippen LogP contribution in [0.4, 0.5) is 4.39 Å². The number of carboxylic acids is 1. The van der Waals surface area contributed by atoms with Gasteiger partial charge >= 0.3 is 11.9 Å². The van der Waals surface area contributed by atoms with E-state index in [2.05, 4.69) is 4.74 Å². The molecule has 0 aliphatic carbocycles. The van der Waals surface area contributed by atoms with Gasteiger partial charge in [-0.05, 0) is 41.5 Å². The first-order valence-corrected chi connectivity index (χ1v) is 6.22. The summed E-state index contributed by atoms with van der Waals surface area (Å²) in [5.74, 6) is -2.55. The molecule has 0 aliphatic heterocycles. The lowest BCUT2D eigenvalue weighted by Gasteiger charge is -2.08. The van der Waals surface area contributed by atoms with Gasteiger partial charge in [0.15, 0.2) is 0 Å². The first kappa shape index (κ1) is 15.0. The highest BCUT2D eigenvalue weighted by molar-refractivity contribution is 6.33. The number of ether oxygens (including phenoxy) is 1. The van der Waals surface area contributed by atoms with E-state index in [0.29, 0.717) is 11.1 Å². The number of hydrogen-bond acceptors (Lipinski definition) is 3. The number of methoxy groups -OCH3 is 1. The summed E-state index contributed by atoms with van der Waals surface area (Å²) in [4.78, 5) is 22.5. The van der Waals surface area contributed by atoms with Crippen LogP contribution in [-0.2, 0) is 4.74 Å². The van der Waals surface area contributed by atoms with Gasteiger partial charge in [0, 0.05) is 0 Å². The van der Waals surface area contributed by atoms with E-state index in [4.69, 9.17) is 16.7 Å². The van der Waals surface area contributed by atoms with Crippen LogP contribution in [0.15, 0.2) is 36.4 Å². The lowest BCUT2D eigenvalue weighted by molar-refractivity contribution is 0.0600. The van der Waals surface area contributed by atoms with Crippen molar-refractivity contribution in [3.63, 3.8) is 0 Å². The van der Waals surface area contributed by atoms with Crippen molar-refractivity contribution in [3.8, 4) is 11.1 Å². The van der Waals surface area contributed by atoms with Gasteiger partial charge in [0.1, 0.15) is 5.82 Å². The molecule has 2 rings (SSSR count). The summed E-state index contributed by atoms with van der Waals surface area (Å²) >= 11 is 5.90. The number of esters is 1. The normalized spacial score (nSPS) is 10.2. The molecule has 0 atom stereocenters. The van der Waals surface area contributed by atoms with Gasteiger partial charge in [0.2, 0.25) is 0 Å². The van der Waals surface area contributed by atoms with Gasteiger partial charge in [0.25, 0.3) is 0 Å². The van der Waals surface area contributed by atoms with Crippen LogP contribution in [-0.4, -0.2) is 24.2 Å². The molecule has 2 aromatic rings. The summed E-state index contributed by atoms with van der Waals surface area (Å²) in [6.45, 7) is 0. The maximum atomic E-state index is 13.5. The number of hydrogen-bond donors (Lipinski definition) is 1. The number of halogens is 2. The second-order valence-corrected chi connectivity index (χ2v) is 4.63. The Hall–Kier alpha value is -2.40. The molecule has 0 amide bonds. The largest absolute Gasteiger partial charge is 0.478 e. The molecule has 4 nitrogen and oxygen atoms in total. The molecule has 0 fully saturated rings. The predicted octanol–water partition coefficient (Wildman–Crippen LogP) is 3.63. The summed E-state index contributed by atoms with van der Waals surface area (Å²) in [6.07, 6.45) is 0. The van der Waals surface area contributed by atoms with Crippen LogP contribution in [0, 0.1) is 5.82 Å². The lowest BCUT2D eigenvalue weighted by atomic mass is 10.0. The summed E-state index contributed by atoms with van der Waals surface area (Å²) in [5.41, 5.74) is 0.730. The van der Waals surface area contributed by atoms with Crippen LogP contribution in [0.2, 0.25) is 5.02 Å². The van der Waals surface area contributed by atoms with Crippen molar-refractivity contribution in [1.82, 2.24) is 0 Å². The van der Waals surface area contributed by atoms with Gasteiger partial charge in [-0.3, -0.25) is 0 Å². The summed E-state index contributed by atoms with van der Waals surface area (Å²) in [5, 5.41) is 9.14. The van der Waals surface area contributed by atoms with E-state index in [9.17, 15) is 14.0 Å². The zero-order chi connectivity index (χ0) is 15.6. The highest BCUT2D eigenvalue weighted by atomic mass is 35.5. The fraction of sp³-hybridized carbons (Fsp3) is 0.0667. The fourth-order valence-corrected chi connectivity index (χ4v) is 2.05. The van der Waals surface area contributed by atoms with Crippen LogP contribution in [0.3, 0.4) is 0 Å². The standard InChI is InChI=1S/C15H10ClFO4/c1-21-15(20)12-7-8(2-3-13(12)16)9-4-10(14(18)19)6-11(17)5-9/h2-7H,1H3,(H,18,19). The maximum absolute atomic E-state index is 13.5. The van der Waals surface area contributed by atoms with Gasteiger partial charge in [-0.1, -0.05) is 17.7 Å². The second kappa shape index (κ2) is 5.93. The number of carboxylic acid groups (broad SMARTS) is 1. The van der Waals surface area contributed by atoms with Crippen molar-refractivity contribution >= 4 is 23.5 Å². The molecule has 0 aliphatic rings. The predicted molar refractivity (Wildman–Crippen MR) is 75.1 cm³/mol. The summed E-state index contributed by atoms with van der Waals surface area (Å²) in [6, 6.07) is 7.87. The molecule has 0 bridgehead atoms. The van der Waals surface area contributed by atoms with E-state index in [0.717, 1.165) is 6.07 Å². The number of carbonyl (C=O) groups excluding carboxylic acids is 1. The van der Waals surface area contributed by atoms with E-state index in [1.807, 2.05) is 0 Å². The SMILES string of the molecule is COC(=O)c1cc(-c2cc(F)cc(C(=O)O)c2)ccc1Cl. The Morgan fingerprint density at radius 1 is 1.14 bits per heavy atom. The van der Waals surface area contributed by atoms with Gasteiger partial charge in [-0.25, -0.2) is 14.0 Å². The number of benzene rings is 2. The highest BCUT2D eigenvalue weighted by Crippen LogP contribution is 2.27. The number of aromatic carboxylic acids is 1. The van der Waals surface area contributed by atoms with Crippen molar-refractivity contribution < 1.29 is 23.8 Å². The molecule has 0 heterocycles. The quantitative estimate of drug-likeness (QED) is 0.879. The van der Waals surface area contributed by atoms with Crippen LogP contribution in [0.25, 0.3) is 11.1 Å². The molecule has 6 heteroatoms. The molecular formula is C15H10ClFO4. The topological polar surface area (TPSA) is 63.6 Å². The second-order valence-electron chi connectivity index (χ2n) is 4.22. The Balaban J connectivity index is 2.57. The summed E-state index contributed by atoms with van der Waals surface area (Å²) < 4.78 is 18.1. The molecule has 0 saturated carbocycles. The van der Waals surface area contributed by atoms with E-state index < -0.39 is 17.8 Å². The van der Waals surface area contributed by atoms with Crippen molar-refractivity contribution in [1.29, 1.82) is 0 Å². The van der Waals surface area contributed by atoms with Crippen LogP contribution < -0.4 is 0 Å². The Bertz CT molecular complexity index is 728. The van der Waals surface area contributed by atoms with E-state index in [1.165, 1.54) is 31.4 Å². The van der Waals surface area contributed by atoms with Gasteiger partial charge in [-0.2, -0.15) is 0 Å². The molecule has 21 heavy (non-hydrogen) atoms. The highest BCUT2D eigenvalue weighted by Gasteiger charge is 2.14. The molecule has 2 aromatic carbocycles. The molecule has 1 N–H and O–H groups in total. The molecule has 0 saturated heterocycles. The molecule has 0 unspecified atom stereocenters. The smallest absolute Gasteiger partial charge is 0.339 e. The third kappa shape index (κ3) is 3.20. The van der Waals surface area contributed by atoms with Crippen molar-refractivity contribution in [2.75, 3.05) is 7.11 Å². The van der Waals surface area contributed by atoms with Gasteiger partial charge in [-0.15, -0.1) is 0 Å². The van der Waals surface area contributed by atoms with E-state index in [-0.39, 0.29) is 16.1 Å². The minimum absolute atomic E-state index is 0.123. The van der Waals surface area contributed by atoms with Gasteiger partial charge < -0.3 is 9.84 Å². The molecule has 0 aromatic heterocycles. The van der Waals surface area contributed by atoms with Crippen LogP contribution >= 0.6 is 11.6 Å². The molecule has 0 spiro atoms. The zero-order valence-corrected chi connectivity index (χ0v) is 11.6. The van der Waals surface area contributed by atoms with Crippen LogP contribution in [0.1, 0.15) is 20.7 Å². The van der Waals surface area contributed by atoms with Crippen molar-refractivity contribution in [2.24, 2.45) is 0 Å². The monoisotopic (exact) mass is 308 g/mol. The maximum Gasteiger partial charge on any atom is 0.339 e. The average Bonchev–Trinajstić information content (AvgIpc) is 2.46. The van der Waals surface area contributed by atoms with E-state index in [1.54, 1.807) is 6.07 Å². The Labute approximate surface area is 124 Å². The Morgan fingerprint density at radius 3 is 2.48 bits per heavy atom. The van der Waals surface area contributed by atoms with E-state index >= 15 is 0 Å². The van der Waals surface area contributed by atoms with Crippen molar-refractivity contribution in [3.05, 3.63) is 58.4 Å². The first-order valence-electron chi connectivity index (χ1n) is 5.84. The third-order valence-corrected chi connectivity index (χ3v) is 3.18. The molecule has 108 valence electrons. The molecular weight excluding hydrogens is 299 g/mol. The first-order chi connectivity index (χ1) is 9.92. The number of carbonyl (C=O) groups is 2. The Morgan fingerprint density at radius 2 is 1.86 bits per heavy atom. The number of rotatable bonds is 3. The van der Waals surface area contributed by atoms with Crippen LogP contribution in [0.5, 0.6) is 0 Å². The minimum atomic E-state index is -1.24. The van der Waals surface area contributed by atoms with Gasteiger partial charge in [0.05, 0.1) is 23.3 Å². The summed E-state index contributed by atoms with van der Waals surface area (Å²) in [7, 11) is 1.22. The Kier molecular flexibility index (Phi) is 4.23. The average molecular weight is 309 g/mol. The fourth-order valence-electron chi connectivity index (χ4n) is 1.85. The zero-order valence-electron chi connectivity index (χ0n) is 10.9. The third-order valence-electron chi connectivity index (χ3n) is 2.85.